The van der Waals surface area contributed by atoms with E-state index in [1.165, 1.54) is 0 Å². The van der Waals surface area contributed by atoms with Crippen molar-refractivity contribution in [3.8, 4) is 0 Å². The van der Waals surface area contributed by atoms with Crippen LogP contribution in [0.1, 0.15) is 18.1 Å². The highest BCUT2D eigenvalue weighted by Gasteiger charge is 2.06. The number of hydrogen-bond acceptors (Lipinski definition) is 2. The molecule has 2 nitrogen and oxygen atoms in total. The first kappa shape index (κ1) is 13.2. The minimum absolute atomic E-state index is 0.152. The zero-order valence-corrected chi connectivity index (χ0v) is 10.7. The lowest BCUT2D eigenvalue weighted by molar-refractivity contribution is 0.598. The van der Waals surface area contributed by atoms with Gasteiger partial charge in [0.15, 0.2) is 0 Å². The molecule has 0 unspecified atom stereocenters. The molecule has 0 aliphatic rings. The molecule has 2 rings (SSSR count). The Morgan fingerprint density at radius 1 is 1.05 bits per heavy atom. The molecule has 0 aliphatic heterocycles. The molecule has 0 saturated heterocycles. The largest absolute Gasteiger partial charge is 0.278 e. The number of rotatable bonds is 3. The maximum absolute atomic E-state index is 13.5. The van der Waals surface area contributed by atoms with E-state index in [2.05, 4.69) is 10.5 Å². The fourth-order valence-corrected chi connectivity index (χ4v) is 1.61. The van der Waals surface area contributed by atoms with Crippen LogP contribution in [0, 0.1) is 18.6 Å². The molecule has 0 heterocycles. The van der Waals surface area contributed by atoms with Crippen LogP contribution in [0.3, 0.4) is 0 Å². The van der Waals surface area contributed by atoms with E-state index in [1.807, 2.05) is 31.2 Å². The minimum atomic E-state index is -0.492. The molecule has 2 aromatic carbocycles. The van der Waals surface area contributed by atoms with E-state index in [0.29, 0.717) is 5.71 Å². The summed E-state index contributed by atoms with van der Waals surface area (Å²) in [5.41, 5.74) is 5.29. The van der Waals surface area contributed by atoms with Gasteiger partial charge in [-0.1, -0.05) is 17.7 Å². The van der Waals surface area contributed by atoms with Crippen molar-refractivity contribution in [1.29, 1.82) is 0 Å². The molecule has 2 aromatic rings. The van der Waals surface area contributed by atoms with Crippen LogP contribution in [-0.4, -0.2) is 5.71 Å². The number of nitrogens with zero attached hydrogens (tertiary/aromatic N) is 1. The van der Waals surface area contributed by atoms with E-state index >= 15 is 0 Å². The van der Waals surface area contributed by atoms with Gasteiger partial charge in [-0.3, -0.25) is 5.43 Å². The highest BCUT2D eigenvalue weighted by molar-refractivity contribution is 5.99. The summed E-state index contributed by atoms with van der Waals surface area (Å²) in [4.78, 5) is 0. The molecule has 1 N–H and O–H groups in total. The molecule has 98 valence electrons. The average Bonchev–Trinajstić information content (AvgIpc) is 2.40. The SMILES string of the molecule is C/C(=N/Nc1ccc(C)cc1)c1cc(F)ccc1F. The van der Waals surface area contributed by atoms with Crippen LogP contribution in [0.4, 0.5) is 14.5 Å². The Balaban J connectivity index is 2.19. The van der Waals surface area contributed by atoms with Gasteiger partial charge >= 0.3 is 0 Å². The minimum Gasteiger partial charge on any atom is -0.278 e. The lowest BCUT2D eigenvalue weighted by atomic mass is 10.1. The van der Waals surface area contributed by atoms with E-state index in [9.17, 15) is 8.78 Å². The highest BCUT2D eigenvalue weighted by Crippen LogP contribution is 2.12. The van der Waals surface area contributed by atoms with Gasteiger partial charge in [-0.25, -0.2) is 8.78 Å². The van der Waals surface area contributed by atoms with Crippen molar-refractivity contribution in [1.82, 2.24) is 0 Å². The van der Waals surface area contributed by atoms with E-state index in [-0.39, 0.29) is 5.56 Å². The molecular formula is C15H14F2N2. The van der Waals surface area contributed by atoms with Gasteiger partial charge < -0.3 is 0 Å². The summed E-state index contributed by atoms with van der Waals surface area (Å²) in [5, 5.41) is 4.06. The smallest absolute Gasteiger partial charge is 0.132 e. The lowest BCUT2D eigenvalue weighted by Gasteiger charge is -2.05. The average molecular weight is 260 g/mol. The number of hydrazone groups is 1. The van der Waals surface area contributed by atoms with Gasteiger partial charge in [-0.2, -0.15) is 5.10 Å². The Kier molecular flexibility index (Phi) is 3.90. The summed E-state index contributed by atoms with van der Waals surface area (Å²) >= 11 is 0. The van der Waals surface area contributed by atoms with Crippen molar-refractivity contribution in [2.45, 2.75) is 13.8 Å². The number of nitrogens with one attached hydrogen (secondary N) is 1. The van der Waals surface area contributed by atoms with Crippen molar-refractivity contribution in [3.05, 3.63) is 65.2 Å². The third-order valence-electron chi connectivity index (χ3n) is 2.72. The van der Waals surface area contributed by atoms with E-state index < -0.39 is 11.6 Å². The van der Waals surface area contributed by atoms with Gasteiger partial charge in [-0.05, 0) is 44.2 Å². The van der Waals surface area contributed by atoms with Crippen molar-refractivity contribution in [2.24, 2.45) is 5.10 Å². The third kappa shape index (κ3) is 3.37. The first-order chi connectivity index (χ1) is 9.06. The number of hydrogen-bond donors (Lipinski definition) is 1. The lowest BCUT2D eigenvalue weighted by Crippen LogP contribution is -2.03. The molecule has 0 amide bonds. The molecule has 0 saturated carbocycles. The number of aryl methyl sites for hydroxylation is 1. The molecule has 0 aromatic heterocycles. The summed E-state index contributed by atoms with van der Waals surface area (Å²) in [6, 6.07) is 10.9. The van der Waals surface area contributed by atoms with Gasteiger partial charge in [-0.15, -0.1) is 0 Å². The van der Waals surface area contributed by atoms with Gasteiger partial charge in [0.25, 0.3) is 0 Å². The van der Waals surface area contributed by atoms with Gasteiger partial charge in [0.2, 0.25) is 0 Å². The first-order valence-corrected chi connectivity index (χ1v) is 5.88. The predicted molar refractivity (Wildman–Crippen MR) is 73.4 cm³/mol. The Hall–Kier alpha value is -2.23. The molecule has 0 bridgehead atoms. The predicted octanol–water partition coefficient (Wildman–Crippen LogP) is 4.11. The number of benzene rings is 2. The summed E-state index contributed by atoms with van der Waals surface area (Å²) in [7, 11) is 0. The Bertz CT molecular complexity index is 604. The van der Waals surface area contributed by atoms with E-state index in [4.69, 9.17) is 0 Å². The summed E-state index contributed by atoms with van der Waals surface area (Å²) in [6.45, 7) is 3.61. The summed E-state index contributed by atoms with van der Waals surface area (Å²) in [5.74, 6) is -0.977. The fourth-order valence-electron chi connectivity index (χ4n) is 1.61. The topological polar surface area (TPSA) is 24.4 Å². The van der Waals surface area contributed by atoms with Crippen LogP contribution in [0.15, 0.2) is 47.6 Å². The highest BCUT2D eigenvalue weighted by atomic mass is 19.1. The Morgan fingerprint density at radius 3 is 2.42 bits per heavy atom. The Morgan fingerprint density at radius 2 is 1.74 bits per heavy atom. The summed E-state index contributed by atoms with van der Waals surface area (Å²) in [6.07, 6.45) is 0. The van der Waals surface area contributed by atoms with Crippen molar-refractivity contribution in [3.63, 3.8) is 0 Å². The Labute approximate surface area is 110 Å². The third-order valence-corrected chi connectivity index (χ3v) is 2.72. The van der Waals surface area contributed by atoms with E-state index in [1.54, 1.807) is 6.92 Å². The van der Waals surface area contributed by atoms with Gasteiger partial charge in [0.05, 0.1) is 11.4 Å². The zero-order valence-electron chi connectivity index (χ0n) is 10.7. The summed E-state index contributed by atoms with van der Waals surface area (Å²) < 4.78 is 26.6. The van der Waals surface area contributed by atoms with Crippen LogP contribution < -0.4 is 5.43 Å². The van der Waals surface area contributed by atoms with Crippen molar-refractivity contribution >= 4 is 11.4 Å². The standard InChI is InChI=1S/C15H14F2N2/c1-10-3-6-13(7-4-10)19-18-11(2)14-9-12(16)5-8-15(14)17/h3-9,19H,1-2H3/b18-11-. The van der Waals surface area contributed by atoms with Crippen LogP contribution >= 0.6 is 0 Å². The number of halogens is 2. The molecule has 0 aliphatic carbocycles. The van der Waals surface area contributed by atoms with Crippen LogP contribution in [0.25, 0.3) is 0 Å². The molecule has 4 heteroatoms. The molecule has 0 atom stereocenters. The fraction of sp³-hybridized carbons (Fsp3) is 0.133. The number of anilines is 1. The molecule has 19 heavy (non-hydrogen) atoms. The van der Waals surface area contributed by atoms with Crippen molar-refractivity contribution in [2.75, 3.05) is 5.43 Å². The van der Waals surface area contributed by atoms with Crippen LogP contribution in [0.2, 0.25) is 0 Å². The zero-order chi connectivity index (χ0) is 13.8. The van der Waals surface area contributed by atoms with E-state index in [0.717, 1.165) is 29.4 Å². The van der Waals surface area contributed by atoms with Gasteiger partial charge in [0, 0.05) is 5.56 Å². The molecular weight excluding hydrogens is 246 g/mol. The second-order valence-electron chi connectivity index (χ2n) is 4.30. The molecule has 0 radical (unpaired) electrons. The second-order valence-corrected chi connectivity index (χ2v) is 4.30. The van der Waals surface area contributed by atoms with Crippen molar-refractivity contribution < 1.29 is 8.78 Å². The maximum atomic E-state index is 13.5. The second kappa shape index (κ2) is 5.61. The molecule has 0 spiro atoms. The van der Waals surface area contributed by atoms with Gasteiger partial charge in [0.1, 0.15) is 11.6 Å². The monoisotopic (exact) mass is 260 g/mol. The van der Waals surface area contributed by atoms with Crippen LogP contribution in [0.5, 0.6) is 0 Å². The maximum Gasteiger partial charge on any atom is 0.132 e. The molecule has 0 fully saturated rings. The van der Waals surface area contributed by atoms with Crippen LogP contribution in [-0.2, 0) is 0 Å². The normalized spacial score (nSPS) is 11.5. The quantitative estimate of drug-likeness (QED) is 0.651. The first-order valence-electron chi connectivity index (χ1n) is 5.88.